The van der Waals surface area contributed by atoms with E-state index in [0.717, 1.165) is 6.20 Å². The van der Waals surface area contributed by atoms with Crippen molar-refractivity contribution in [2.45, 2.75) is 19.8 Å². The van der Waals surface area contributed by atoms with E-state index in [0.29, 0.717) is 10.4 Å². The molecule has 1 aromatic heterocycles. The highest BCUT2D eigenvalue weighted by Crippen LogP contribution is 2.08. The summed E-state index contributed by atoms with van der Waals surface area (Å²) in [4.78, 5) is 0. The van der Waals surface area contributed by atoms with Gasteiger partial charge in [-0.05, 0) is 6.07 Å². The van der Waals surface area contributed by atoms with Crippen LogP contribution in [-0.2, 0) is 0 Å². The van der Waals surface area contributed by atoms with Gasteiger partial charge in [-0.3, -0.25) is 0 Å². The lowest BCUT2D eigenvalue weighted by Crippen LogP contribution is -2.32. The Labute approximate surface area is 64.9 Å². The van der Waals surface area contributed by atoms with Crippen LogP contribution in [0.4, 0.5) is 4.39 Å². The molecule has 0 fully saturated rings. The average Bonchev–Trinajstić information content (AvgIpc) is 1.85. The van der Waals surface area contributed by atoms with E-state index < -0.39 is 5.82 Å². The van der Waals surface area contributed by atoms with E-state index in [1.54, 1.807) is 0 Å². The fraction of sp³-hybridized carbons (Fsp3) is 0.375. The maximum absolute atomic E-state index is 12.4. The Bertz CT molecular complexity index is 260. The van der Waals surface area contributed by atoms with Gasteiger partial charge in [-0.2, -0.15) is 4.73 Å². The largest absolute Gasteiger partial charge is 0.618 e. The number of aromatic nitrogens is 1. The average molecular weight is 155 g/mol. The molecular formula is C8H10FNO. The van der Waals surface area contributed by atoms with Crippen molar-refractivity contribution in [1.82, 2.24) is 0 Å². The molecule has 0 atom stereocenters. The molecule has 0 saturated carbocycles. The standard InChI is InChI=1S/C8H10FNO/c1-6(2)8-4-3-7(9)5-10(8)11/h3-6H,1-2H3. The minimum atomic E-state index is -0.496. The molecule has 3 heteroatoms. The second kappa shape index (κ2) is 2.86. The molecule has 60 valence electrons. The van der Waals surface area contributed by atoms with Crippen LogP contribution < -0.4 is 4.73 Å². The highest BCUT2D eigenvalue weighted by molar-refractivity contribution is 5.02. The molecule has 0 aliphatic rings. The van der Waals surface area contributed by atoms with Gasteiger partial charge in [0, 0.05) is 12.0 Å². The van der Waals surface area contributed by atoms with Crippen LogP contribution in [0.25, 0.3) is 0 Å². The van der Waals surface area contributed by atoms with Gasteiger partial charge in [0.2, 0.25) is 6.20 Å². The van der Waals surface area contributed by atoms with Gasteiger partial charge < -0.3 is 5.21 Å². The van der Waals surface area contributed by atoms with Crippen LogP contribution in [0, 0.1) is 11.0 Å². The number of rotatable bonds is 1. The molecule has 0 aromatic carbocycles. The molecule has 11 heavy (non-hydrogen) atoms. The third kappa shape index (κ3) is 1.67. The van der Waals surface area contributed by atoms with E-state index in [1.165, 1.54) is 12.1 Å². The summed E-state index contributed by atoms with van der Waals surface area (Å²) in [6.07, 6.45) is 0.940. The topological polar surface area (TPSA) is 26.9 Å². The third-order valence-corrected chi connectivity index (χ3v) is 1.50. The van der Waals surface area contributed by atoms with Crippen molar-refractivity contribution >= 4 is 0 Å². The highest BCUT2D eigenvalue weighted by Gasteiger charge is 2.09. The van der Waals surface area contributed by atoms with Crippen molar-refractivity contribution in [2.24, 2.45) is 0 Å². The Hall–Kier alpha value is -1.12. The molecule has 0 aliphatic heterocycles. The van der Waals surface area contributed by atoms with Crippen molar-refractivity contribution < 1.29 is 9.12 Å². The summed E-state index contributed by atoms with van der Waals surface area (Å²) in [5.41, 5.74) is 0.589. The van der Waals surface area contributed by atoms with E-state index in [1.807, 2.05) is 13.8 Å². The first-order valence-electron chi connectivity index (χ1n) is 3.50. The predicted molar refractivity (Wildman–Crippen MR) is 39.4 cm³/mol. The molecule has 1 rings (SSSR count). The van der Waals surface area contributed by atoms with Crippen molar-refractivity contribution in [3.8, 4) is 0 Å². The molecule has 0 radical (unpaired) electrons. The normalized spacial score (nSPS) is 10.5. The summed E-state index contributed by atoms with van der Waals surface area (Å²) < 4.78 is 13.0. The van der Waals surface area contributed by atoms with Gasteiger partial charge >= 0.3 is 0 Å². The van der Waals surface area contributed by atoms with Crippen LogP contribution in [-0.4, -0.2) is 0 Å². The molecule has 1 aromatic rings. The summed E-state index contributed by atoms with van der Waals surface area (Å²) >= 11 is 0. The monoisotopic (exact) mass is 155 g/mol. The molecule has 0 aliphatic carbocycles. The quantitative estimate of drug-likeness (QED) is 0.447. The van der Waals surface area contributed by atoms with Gasteiger partial charge in [0.1, 0.15) is 0 Å². The number of nitrogens with zero attached hydrogens (tertiary/aromatic N) is 1. The van der Waals surface area contributed by atoms with Gasteiger partial charge in [-0.1, -0.05) is 13.8 Å². The number of hydrogen-bond donors (Lipinski definition) is 0. The highest BCUT2D eigenvalue weighted by atomic mass is 19.1. The number of hydrogen-bond acceptors (Lipinski definition) is 1. The Morgan fingerprint density at radius 1 is 1.45 bits per heavy atom. The van der Waals surface area contributed by atoms with E-state index in [4.69, 9.17) is 0 Å². The summed E-state index contributed by atoms with van der Waals surface area (Å²) in [7, 11) is 0. The van der Waals surface area contributed by atoms with Gasteiger partial charge in [0.05, 0.1) is 0 Å². The van der Waals surface area contributed by atoms with E-state index in [9.17, 15) is 9.60 Å². The summed E-state index contributed by atoms with van der Waals surface area (Å²) in [6, 6.07) is 2.80. The second-order valence-corrected chi connectivity index (χ2v) is 2.75. The van der Waals surface area contributed by atoms with Gasteiger partial charge in [0.15, 0.2) is 11.5 Å². The van der Waals surface area contributed by atoms with E-state index in [-0.39, 0.29) is 5.92 Å². The lowest BCUT2D eigenvalue weighted by Gasteiger charge is -2.05. The summed E-state index contributed by atoms with van der Waals surface area (Å²) in [5, 5.41) is 11.0. The minimum Gasteiger partial charge on any atom is -0.618 e. The Kier molecular flexibility index (Phi) is 2.08. The summed E-state index contributed by atoms with van der Waals surface area (Å²) in [6.45, 7) is 3.78. The maximum Gasteiger partial charge on any atom is 0.216 e. The van der Waals surface area contributed by atoms with Crippen LogP contribution >= 0.6 is 0 Å². The van der Waals surface area contributed by atoms with Crippen LogP contribution in [0.3, 0.4) is 0 Å². The van der Waals surface area contributed by atoms with E-state index >= 15 is 0 Å². The van der Waals surface area contributed by atoms with Gasteiger partial charge in [0.25, 0.3) is 0 Å². The zero-order valence-electron chi connectivity index (χ0n) is 6.54. The van der Waals surface area contributed by atoms with Gasteiger partial charge in [-0.15, -0.1) is 0 Å². The number of pyridine rings is 1. The first-order valence-corrected chi connectivity index (χ1v) is 3.50. The molecule has 0 amide bonds. The molecule has 1 heterocycles. The zero-order valence-corrected chi connectivity index (χ0v) is 6.54. The van der Waals surface area contributed by atoms with E-state index in [2.05, 4.69) is 0 Å². The van der Waals surface area contributed by atoms with Crippen molar-refractivity contribution in [3.63, 3.8) is 0 Å². The summed E-state index contributed by atoms with van der Waals surface area (Å²) in [5.74, 6) is -0.363. The van der Waals surface area contributed by atoms with Crippen molar-refractivity contribution in [2.75, 3.05) is 0 Å². The molecular weight excluding hydrogens is 145 g/mol. The van der Waals surface area contributed by atoms with Crippen LogP contribution in [0.15, 0.2) is 18.3 Å². The molecule has 0 spiro atoms. The lowest BCUT2D eigenvalue weighted by atomic mass is 10.1. The molecule has 0 bridgehead atoms. The van der Waals surface area contributed by atoms with Crippen molar-refractivity contribution in [3.05, 3.63) is 35.0 Å². The molecule has 0 N–H and O–H groups in total. The minimum absolute atomic E-state index is 0.132. The fourth-order valence-corrected chi connectivity index (χ4v) is 0.915. The zero-order chi connectivity index (χ0) is 8.43. The smallest absolute Gasteiger partial charge is 0.216 e. The van der Waals surface area contributed by atoms with Gasteiger partial charge in [-0.25, -0.2) is 4.39 Å². The predicted octanol–water partition coefficient (Wildman–Crippen LogP) is 1.58. The Morgan fingerprint density at radius 2 is 2.09 bits per heavy atom. The molecule has 2 nitrogen and oxygen atoms in total. The van der Waals surface area contributed by atoms with Crippen LogP contribution in [0.2, 0.25) is 0 Å². The lowest BCUT2D eigenvalue weighted by molar-refractivity contribution is -0.616. The molecule has 0 unspecified atom stereocenters. The Balaban J connectivity index is 3.09. The van der Waals surface area contributed by atoms with Crippen LogP contribution in [0.1, 0.15) is 25.5 Å². The molecule has 0 saturated heterocycles. The SMILES string of the molecule is CC(C)c1ccc(F)c[n+]1[O-]. The fourth-order valence-electron chi connectivity index (χ4n) is 0.915. The third-order valence-electron chi connectivity index (χ3n) is 1.50. The maximum atomic E-state index is 12.4. The second-order valence-electron chi connectivity index (χ2n) is 2.75. The van der Waals surface area contributed by atoms with Crippen molar-refractivity contribution in [1.29, 1.82) is 0 Å². The number of halogens is 1. The first-order chi connectivity index (χ1) is 5.11. The van der Waals surface area contributed by atoms with Crippen LogP contribution in [0.5, 0.6) is 0 Å². The first kappa shape index (κ1) is 7.98. The Morgan fingerprint density at radius 3 is 2.55 bits per heavy atom.